The van der Waals surface area contributed by atoms with Gasteiger partial charge in [-0.2, -0.15) is 4.98 Å². The number of anilines is 1. The third-order valence-electron chi connectivity index (χ3n) is 4.04. The van der Waals surface area contributed by atoms with Crippen LogP contribution in [0.25, 0.3) is 11.1 Å². The number of piperidine rings is 1. The lowest BCUT2D eigenvalue weighted by Crippen LogP contribution is -2.35. The molecule has 0 spiro atoms. The van der Waals surface area contributed by atoms with E-state index in [1.165, 1.54) is 12.8 Å². The first kappa shape index (κ1) is 11.6. The molecule has 1 aliphatic rings. The molecule has 96 valence electrons. The number of aromatic nitrogens is 1. The summed E-state index contributed by atoms with van der Waals surface area (Å²) in [5.74, 6) is 1.64. The lowest BCUT2D eigenvalue weighted by atomic mass is 9.87. The quantitative estimate of drug-likeness (QED) is 0.806. The van der Waals surface area contributed by atoms with E-state index in [0.29, 0.717) is 0 Å². The van der Waals surface area contributed by atoms with E-state index in [-0.39, 0.29) is 0 Å². The molecule has 3 nitrogen and oxygen atoms in total. The van der Waals surface area contributed by atoms with Crippen LogP contribution in [-0.4, -0.2) is 18.1 Å². The van der Waals surface area contributed by atoms with E-state index in [0.717, 1.165) is 42.0 Å². The van der Waals surface area contributed by atoms with Crippen molar-refractivity contribution in [1.29, 1.82) is 0 Å². The molecule has 0 amide bonds. The number of para-hydroxylation sites is 2. The van der Waals surface area contributed by atoms with Gasteiger partial charge in [0, 0.05) is 13.1 Å². The van der Waals surface area contributed by atoms with Crippen molar-refractivity contribution in [2.75, 3.05) is 18.0 Å². The van der Waals surface area contributed by atoms with Crippen molar-refractivity contribution in [3.8, 4) is 0 Å². The molecule has 1 aromatic heterocycles. The van der Waals surface area contributed by atoms with Crippen LogP contribution in [0.5, 0.6) is 0 Å². The van der Waals surface area contributed by atoms with Crippen molar-refractivity contribution in [3.63, 3.8) is 0 Å². The molecule has 1 aliphatic heterocycles. The summed E-state index contributed by atoms with van der Waals surface area (Å²) >= 11 is 0. The van der Waals surface area contributed by atoms with Crippen LogP contribution < -0.4 is 4.90 Å². The number of nitrogens with zero attached hydrogens (tertiary/aromatic N) is 2. The Labute approximate surface area is 108 Å². The average Bonchev–Trinajstić information content (AvgIpc) is 2.82. The van der Waals surface area contributed by atoms with Crippen molar-refractivity contribution < 1.29 is 4.42 Å². The first-order chi connectivity index (χ1) is 8.74. The first-order valence-electron chi connectivity index (χ1n) is 6.84. The van der Waals surface area contributed by atoms with Gasteiger partial charge in [0.25, 0.3) is 6.01 Å². The van der Waals surface area contributed by atoms with Crippen LogP contribution in [0, 0.1) is 11.8 Å². The lowest BCUT2D eigenvalue weighted by Gasteiger charge is -2.32. The molecule has 0 N–H and O–H groups in total. The Morgan fingerprint density at radius 2 is 1.94 bits per heavy atom. The van der Waals surface area contributed by atoms with Crippen LogP contribution >= 0.6 is 0 Å². The molecule has 0 bridgehead atoms. The summed E-state index contributed by atoms with van der Waals surface area (Å²) in [6.45, 7) is 6.77. The molecule has 0 saturated carbocycles. The molecule has 2 heterocycles. The maximum absolute atomic E-state index is 5.82. The van der Waals surface area contributed by atoms with Crippen molar-refractivity contribution in [1.82, 2.24) is 4.98 Å². The van der Waals surface area contributed by atoms with Crippen molar-refractivity contribution in [3.05, 3.63) is 24.3 Å². The van der Waals surface area contributed by atoms with E-state index in [9.17, 15) is 0 Å². The summed E-state index contributed by atoms with van der Waals surface area (Å²) in [5.41, 5.74) is 1.84. The maximum Gasteiger partial charge on any atom is 0.298 e. The van der Waals surface area contributed by atoms with Crippen LogP contribution in [0.15, 0.2) is 28.7 Å². The maximum atomic E-state index is 5.82. The Kier molecular flexibility index (Phi) is 2.98. The van der Waals surface area contributed by atoms with E-state index in [2.05, 4.69) is 23.7 Å². The van der Waals surface area contributed by atoms with E-state index < -0.39 is 0 Å². The Bertz CT molecular complexity index is 491. The fraction of sp³-hybridized carbons (Fsp3) is 0.533. The van der Waals surface area contributed by atoms with Gasteiger partial charge in [-0.1, -0.05) is 26.0 Å². The average molecular weight is 244 g/mol. The molecule has 2 aromatic rings. The highest BCUT2D eigenvalue weighted by molar-refractivity contribution is 5.74. The highest BCUT2D eigenvalue weighted by atomic mass is 16.4. The molecule has 1 fully saturated rings. The molecule has 0 unspecified atom stereocenters. The Morgan fingerprint density at radius 3 is 2.61 bits per heavy atom. The lowest BCUT2D eigenvalue weighted by molar-refractivity contribution is 0.305. The predicted molar refractivity (Wildman–Crippen MR) is 73.8 cm³/mol. The highest BCUT2D eigenvalue weighted by Crippen LogP contribution is 2.29. The smallest absolute Gasteiger partial charge is 0.298 e. The molecule has 0 atom stereocenters. The fourth-order valence-electron chi connectivity index (χ4n) is 2.75. The van der Waals surface area contributed by atoms with Crippen LogP contribution in [-0.2, 0) is 0 Å². The van der Waals surface area contributed by atoms with Crippen LogP contribution in [0.3, 0.4) is 0 Å². The van der Waals surface area contributed by atoms with Crippen molar-refractivity contribution in [2.45, 2.75) is 26.7 Å². The largest absolute Gasteiger partial charge is 0.423 e. The summed E-state index contributed by atoms with van der Waals surface area (Å²) in [7, 11) is 0. The third-order valence-corrected chi connectivity index (χ3v) is 4.04. The minimum Gasteiger partial charge on any atom is -0.423 e. The Hall–Kier alpha value is -1.51. The number of oxazole rings is 1. The van der Waals surface area contributed by atoms with Crippen LogP contribution in [0.1, 0.15) is 26.7 Å². The topological polar surface area (TPSA) is 29.3 Å². The van der Waals surface area contributed by atoms with Gasteiger partial charge in [-0.25, -0.2) is 0 Å². The van der Waals surface area contributed by atoms with Gasteiger partial charge in [0.15, 0.2) is 5.58 Å². The van der Waals surface area contributed by atoms with E-state index in [1.54, 1.807) is 0 Å². The Balaban J connectivity index is 1.76. The van der Waals surface area contributed by atoms with E-state index in [1.807, 2.05) is 24.3 Å². The summed E-state index contributed by atoms with van der Waals surface area (Å²) < 4.78 is 5.82. The summed E-state index contributed by atoms with van der Waals surface area (Å²) in [6, 6.07) is 8.76. The molecule has 1 aromatic carbocycles. The van der Waals surface area contributed by atoms with Gasteiger partial charge in [-0.3, -0.25) is 0 Å². The van der Waals surface area contributed by atoms with Crippen molar-refractivity contribution >= 4 is 17.1 Å². The standard InChI is InChI=1S/C15H20N2O/c1-11(2)12-7-9-17(10-8-12)15-16-13-5-3-4-6-14(13)18-15/h3-6,11-12H,7-10H2,1-2H3. The molecule has 0 aliphatic carbocycles. The SMILES string of the molecule is CC(C)C1CCN(c2nc3ccccc3o2)CC1. The number of hydrogen-bond acceptors (Lipinski definition) is 3. The fourth-order valence-corrected chi connectivity index (χ4v) is 2.75. The third kappa shape index (κ3) is 2.09. The van der Waals surface area contributed by atoms with Gasteiger partial charge in [0.05, 0.1) is 0 Å². The molecule has 1 saturated heterocycles. The zero-order valence-corrected chi connectivity index (χ0v) is 11.1. The number of hydrogen-bond donors (Lipinski definition) is 0. The Morgan fingerprint density at radius 1 is 1.22 bits per heavy atom. The molecular weight excluding hydrogens is 224 g/mol. The second kappa shape index (κ2) is 4.63. The van der Waals surface area contributed by atoms with Gasteiger partial charge in [-0.15, -0.1) is 0 Å². The predicted octanol–water partition coefficient (Wildman–Crippen LogP) is 3.70. The molecule has 0 radical (unpaired) electrons. The van der Waals surface area contributed by atoms with Gasteiger partial charge in [-0.05, 0) is 36.8 Å². The number of rotatable bonds is 2. The minimum absolute atomic E-state index is 0.788. The second-order valence-electron chi connectivity index (χ2n) is 5.53. The monoisotopic (exact) mass is 244 g/mol. The molecule has 3 rings (SSSR count). The summed E-state index contributed by atoms with van der Waals surface area (Å²) in [4.78, 5) is 6.84. The number of fused-ring (bicyclic) bond motifs is 1. The van der Waals surface area contributed by atoms with Gasteiger partial charge in [0.2, 0.25) is 0 Å². The first-order valence-corrected chi connectivity index (χ1v) is 6.84. The van der Waals surface area contributed by atoms with Crippen LogP contribution in [0.4, 0.5) is 6.01 Å². The van der Waals surface area contributed by atoms with Crippen molar-refractivity contribution in [2.24, 2.45) is 11.8 Å². The zero-order valence-electron chi connectivity index (χ0n) is 11.1. The second-order valence-corrected chi connectivity index (χ2v) is 5.53. The summed E-state index contributed by atoms with van der Waals surface area (Å²) in [6.07, 6.45) is 2.49. The molecule has 18 heavy (non-hydrogen) atoms. The minimum atomic E-state index is 0.788. The van der Waals surface area contributed by atoms with E-state index >= 15 is 0 Å². The van der Waals surface area contributed by atoms with Gasteiger partial charge >= 0.3 is 0 Å². The molecule has 3 heteroatoms. The zero-order chi connectivity index (χ0) is 12.5. The highest BCUT2D eigenvalue weighted by Gasteiger charge is 2.24. The van der Waals surface area contributed by atoms with Gasteiger partial charge < -0.3 is 9.32 Å². The normalized spacial score (nSPS) is 17.8. The summed E-state index contributed by atoms with van der Waals surface area (Å²) in [5, 5.41) is 0. The molecular formula is C15H20N2O. The van der Waals surface area contributed by atoms with Crippen LogP contribution in [0.2, 0.25) is 0 Å². The van der Waals surface area contributed by atoms with E-state index in [4.69, 9.17) is 4.42 Å². The van der Waals surface area contributed by atoms with Gasteiger partial charge in [0.1, 0.15) is 5.52 Å². The number of benzene rings is 1.